The number of nitrogens with zero attached hydrogens (tertiary/aromatic N) is 1. The smallest absolute Gasteiger partial charge is 0.416 e. The number of hydrogen-bond donors (Lipinski definition) is 0. The first-order chi connectivity index (χ1) is 22.6. The van der Waals surface area contributed by atoms with Gasteiger partial charge in [-0.25, -0.2) is 9.59 Å². The summed E-state index contributed by atoms with van der Waals surface area (Å²) in [6, 6.07) is 19.3. The van der Waals surface area contributed by atoms with Crippen molar-refractivity contribution in [3.8, 4) is 0 Å². The lowest BCUT2D eigenvalue weighted by molar-refractivity contribution is -0.143. The van der Waals surface area contributed by atoms with Crippen molar-refractivity contribution in [1.82, 2.24) is 4.90 Å². The predicted octanol–water partition coefficient (Wildman–Crippen LogP) is 9.26. The minimum absolute atomic E-state index is 0.0400. The molecule has 12 heteroatoms. The standard InChI is InChI=1S/C36H37F6NO5/c1-25(27-19-29(35(37,38)39)21-30(20-27)36(40,41)42)48-24-34(28-13-8-5-9-14-28)18-17-33(2,16-10-15-31(44)46-3)23-43(34)32(45)47-22-26-11-6-4-7-12-26/h4-15,19-21,25H,16-18,22-24H2,1-3H3/b15-10+/t25-,33+,34-/m1/s1. The Balaban J connectivity index is 1.71. The molecule has 1 aliphatic heterocycles. The van der Waals surface area contributed by atoms with Crippen LogP contribution in [0.5, 0.6) is 0 Å². The van der Waals surface area contributed by atoms with Gasteiger partial charge in [-0.05, 0) is 66.5 Å². The molecule has 0 unspecified atom stereocenters. The van der Waals surface area contributed by atoms with E-state index in [0.717, 1.165) is 5.56 Å². The molecule has 0 aromatic heterocycles. The van der Waals surface area contributed by atoms with E-state index < -0.39 is 52.6 Å². The number of carbonyl (C=O) groups excluding carboxylic acids is 2. The summed E-state index contributed by atoms with van der Waals surface area (Å²) < 4.78 is 98.3. The Bertz CT molecular complexity index is 1540. The normalized spacial score (nSPS) is 20.8. The number of allylic oxidation sites excluding steroid dienone is 1. The van der Waals surface area contributed by atoms with Gasteiger partial charge in [0.15, 0.2) is 0 Å². The van der Waals surface area contributed by atoms with Gasteiger partial charge in [0.05, 0.1) is 36.5 Å². The zero-order valence-corrected chi connectivity index (χ0v) is 26.7. The van der Waals surface area contributed by atoms with Crippen LogP contribution in [0.25, 0.3) is 0 Å². The monoisotopic (exact) mass is 677 g/mol. The van der Waals surface area contributed by atoms with Crippen LogP contribution in [0.3, 0.4) is 0 Å². The highest BCUT2D eigenvalue weighted by Gasteiger charge is 2.50. The van der Waals surface area contributed by atoms with Gasteiger partial charge in [-0.1, -0.05) is 73.7 Å². The number of hydrogen-bond acceptors (Lipinski definition) is 5. The number of piperidine rings is 1. The molecule has 6 nitrogen and oxygen atoms in total. The number of methoxy groups -OCH3 is 1. The third-order valence-electron chi connectivity index (χ3n) is 8.65. The van der Waals surface area contributed by atoms with Crippen LogP contribution in [0.4, 0.5) is 31.1 Å². The van der Waals surface area contributed by atoms with Crippen molar-refractivity contribution < 1.29 is 50.1 Å². The lowest BCUT2D eigenvalue weighted by atomic mass is 9.70. The first-order valence-electron chi connectivity index (χ1n) is 15.3. The van der Waals surface area contributed by atoms with Gasteiger partial charge >= 0.3 is 24.4 Å². The fourth-order valence-electron chi connectivity index (χ4n) is 5.82. The van der Waals surface area contributed by atoms with Crippen LogP contribution in [0.1, 0.15) is 67.0 Å². The quantitative estimate of drug-likeness (QED) is 0.122. The molecule has 4 rings (SSSR count). The Labute approximate surface area is 275 Å². The SMILES string of the molecule is COC(=O)/C=C/C[C@@]1(C)CC[C@@](CO[C@H](C)c2cc(C(F)(F)F)cc(C(F)(F)F)c2)(c2ccccc2)N(C(=O)OCc2ccccc2)C1. The molecule has 3 aromatic rings. The van der Waals surface area contributed by atoms with Crippen molar-refractivity contribution in [3.05, 3.63) is 119 Å². The summed E-state index contributed by atoms with van der Waals surface area (Å²) in [6.07, 6.45) is -7.73. The third-order valence-corrected chi connectivity index (χ3v) is 8.65. The van der Waals surface area contributed by atoms with Crippen LogP contribution < -0.4 is 0 Å². The molecule has 1 fully saturated rings. The Morgan fingerprint density at radius 3 is 2.04 bits per heavy atom. The number of amides is 1. The van der Waals surface area contributed by atoms with Crippen molar-refractivity contribution in [2.75, 3.05) is 20.3 Å². The molecule has 0 saturated carbocycles. The van der Waals surface area contributed by atoms with Crippen LogP contribution in [-0.2, 0) is 43.5 Å². The summed E-state index contributed by atoms with van der Waals surface area (Å²) in [5.74, 6) is -0.530. The number of alkyl halides is 6. The number of benzene rings is 3. The van der Waals surface area contributed by atoms with Gasteiger partial charge in [-0.15, -0.1) is 0 Å². The summed E-state index contributed by atoms with van der Waals surface area (Å²) in [5.41, 5.74) is -3.55. The molecular weight excluding hydrogens is 640 g/mol. The highest BCUT2D eigenvalue weighted by Crippen LogP contribution is 2.47. The number of esters is 1. The third kappa shape index (κ3) is 8.97. The average Bonchev–Trinajstić information content (AvgIpc) is 3.06. The molecule has 3 aromatic carbocycles. The van der Waals surface area contributed by atoms with Crippen molar-refractivity contribution >= 4 is 12.1 Å². The highest BCUT2D eigenvalue weighted by molar-refractivity contribution is 5.81. The van der Waals surface area contributed by atoms with Crippen LogP contribution in [0.2, 0.25) is 0 Å². The Kier molecular flexibility index (Phi) is 11.3. The first kappa shape index (κ1) is 36.5. The molecule has 0 spiro atoms. The molecule has 0 radical (unpaired) electrons. The molecule has 0 N–H and O–H groups in total. The summed E-state index contributed by atoms with van der Waals surface area (Å²) in [5, 5.41) is 0. The van der Waals surface area contributed by atoms with E-state index in [2.05, 4.69) is 4.74 Å². The van der Waals surface area contributed by atoms with E-state index in [-0.39, 0.29) is 31.4 Å². The minimum Gasteiger partial charge on any atom is -0.466 e. The number of rotatable bonds is 10. The average molecular weight is 678 g/mol. The number of likely N-dealkylation sites (tertiary alicyclic amines) is 1. The molecule has 1 aliphatic rings. The van der Waals surface area contributed by atoms with E-state index >= 15 is 0 Å². The van der Waals surface area contributed by atoms with E-state index in [9.17, 15) is 35.9 Å². The van der Waals surface area contributed by atoms with Crippen molar-refractivity contribution in [3.63, 3.8) is 0 Å². The molecule has 0 bridgehead atoms. The molecular formula is C36H37F6NO5. The fraction of sp³-hybridized carbons (Fsp3) is 0.389. The largest absolute Gasteiger partial charge is 0.466 e. The van der Waals surface area contributed by atoms with E-state index in [1.807, 2.05) is 13.0 Å². The van der Waals surface area contributed by atoms with E-state index in [0.29, 0.717) is 37.0 Å². The van der Waals surface area contributed by atoms with Gasteiger partial charge in [0.1, 0.15) is 6.61 Å². The van der Waals surface area contributed by atoms with Gasteiger partial charge in [0.2, 0.25) is 0 Å². The van der Waals surface area contributed by atoms with Crippen molar-refractivity contribution in [2.24, 2.45) is 5.41 Å². The predicted molar refractivity (Wildman–Crippen MR) is 165 cm³/mol. The first-order valence-corrected chi connectivity index (χ1v) is 15.3. The maximum atomic E-state index is 14.0. The highest BCUT2D eigenvalue weighted by atomic mass is 19.4. The van der Waals surface area contributed by atoms with Crippen LogP contribution in [0.15, 0.2) is 91.0 Å². The van der Waals surface area contributed by atoms with Crippen LogP contribution in [0, 0.1) is 5.41 Å². The molecule has 0 aliphatic carbocycles. The number of carbonyl (C=O) groups is 2. The summed E-state index contributed by atoms with van der Waals surface area (Å²) >= 11 is 0. The van der Waals surface area contributed by atoms with E-state index in [4.69, 9.17) is 9.47 Å². The van der Waals surface area contributed by atoms with E-state index in [1.165, 1.54) is 25.0 Å². The Morgan fingerprint density at radius 2 is 1.48 bits per heavy atom. The second-order valence-corrected chi connectivity index (χ2v) is 12.3. The maximum Gasteiger partial charge on any atom is 0.416 e. The zero-order chi connectivity index (χ0) is 35.2. The van der Waals surface area contributed by atoms with Crippen molar-refractivity contribution in [2.45, 2.75) is 63.7 Å². The number of ether oxygens (including phenoxy) is 3. The van der Waals surface area contributed by atoms with Crippen LogP contribution in [-0.4, -0.2) is 37.2 Å². The topological polar surface area (TPSA) is 65.1 Å². The second-order valence-electron chi connectivity index (χ2n) is 12.3. The second kappa shape index (κ2) is 14.8. The molecule has 48 heavy (non-hydrogen) atoms. The molecule has 1 amide bonds. The molecule has 3 atom stereocenters. The molecule has 1 heterocycles. The number of halogens is 6. The maximum absolute atomic E-state index is 14.0. The summed E-state index contributed by atoms with van der Waals surface area (Å²) in [4.78, 5) is 27.3. The fourth-order valence-corrected chi connectivity index (χ4v) is 5.82. The summed E-state index contributed by atoms with van der Waals surface area (Å²) in [7, 11) is 1.26. The van der Waals surface area contributed by atoms with Gasteiger partial charge in [-0.2, -0.15) is 26.3 Å². The molecule has 1 saturated heterocycles. The lowest BCUT2D eigenvalue weighted by Crippen LogP contribution is -2.59. The van der Waals surface area contributed by atoms with E-state index in [1.54, 1.807) is 60.7 Å². The zero-order valence-electron chi connectivity index (χ0n) is 26.7. The summed E-state index contributed by atoms with van der Waals surface area (Å²) in [6.45, 7) is 3.16. The van der Waals surface area contributed by atoms with Gasteiger partial charge in [-0.3, -0.25) is 4.90 Å². The molecule has 258 valence electrons. The Morgan fingerprint density at radius 1 is 0.896 bits per heavy atom. The van der Waals surface area contributed by atoms with Crippen LogP contribution >= 0.6 is 0 Å². The van der Waals surface area contributed by atoms with Crippen molar-refractivity contribution in [1.29, 1.82) is 0 Å². The van der Waals surface area contributed by atoms with Gasteiger partial charge < -0.3 is 14.2 Å². The lowest BCUT2D eigenvalue weighted by Gasteiger charge is -2.52. The minimum atomic E-state index is -5.02. The van der Waals surface area contributed by atoms with Gasteiger partial charge in [0, 0.05) is 12.6 Å². The Hall–Kier alpha value is -4.32. The van der Waals surface area contributed by atoms with Gasteiger partial charge in [0.25, 0.3) is 0 Å².